The zero-order chi connectivity index (χ0) is 18.6. The molecule has 4 heteroatoms. The third-order valence-electron chi connectivity index (χ3n) is 4.86. The molecule has 0 saturated heterocycles. The Morgan fingerprint density at radius 3 is 2.63 bits per heavy atom. The summed E-state index contributed by atoms with van der Waals surface area (Å²) in [6.07, 6.45) is 5.99. The molecule has 0 aliphatic heterocycles. The molecule has 0 spiro atoms. The molecule has 0 radical (unpaired) electrons. The summed E-state index contributed by atoms with van der Waals surface area (Å²) < 4.78 is 5.53. The van der Waals surface area contributed by atoms with Crippen molar-refractivity contribution in [2.45, 2.75) is 12.3 Å². The molecule has 0 aliphatic carbocycles. The van der Waals surface area contributed by atoms with Gasteiger partial charge >= 0.3 is 0 Å². The van der Waals surface area contributed by atoms with E-state index in [2.05, 4.69) is 16.0 Å². The van der Waals surface area contributed by atoms with Gasteiger partial charge in [0.05, 0.1) is 7.11 Å². The van der Waals surface area contributed by atoms with Crippen LogP contribution in [0.15, 0.2) is 79.3 Å². The van der Waals surface area contributed by atoms with Gasteiger partial charge in [0.25, 0.3) is 0 Å². The first-order chi connectivity index (χ1) is 13.3. The van der Waals surface area contributed by atoms with Gasteiger partial charge in [-0.1, -0.05) is 42.5 Å². The van der Waals surface area contributed by atoms with Crippen molar-refractivity contribution >= 4 is 10.9 Å². The highest BCUT2D eigenvalue weighted by molar-refractivity contribution is 5.85. The minimum Gasteiger partial charge on any atom is -0.505 e. The molecule has 27 heavy (non-hydrogen) atoms. The van der Waals surface area contributed by atoms with E-state index in [1.807, 2.05) is 60.8 Å². The van der Waals surface area contributed by atoms with Crippen LogP contribution >= 0.6 is 0 Å². The van der Waals surface area contributed by atoms with Crippen molar-refractivity contribution < 1.29 is 9.84 Å². The molecular weight excluding hydrogens is 336 g/mol. The number of aromatic nitrogens is 2. The molecule has 2 aromatic heterocycles. The number of methoxy groups -OCH3 is 1. The molecule has 0 bridgehead atoms. The maximum absolute atomic E-state index is 11.0. The van der Waals surface area contributed by atoms with Crippen LogP contribution in [-0.2, 0) is 6.42 Å². The summed E-state index contributed by atoms with van der Waals surface area (Å²) >= 11 is 0. The number of benzene rings is 2. The Morgan fingerprint density at radius 1 is 0.963 bits per heavy atom. The van der Waals surface area contributed by atoms with Crippen molar-refractivity contribution in [3.05, 3.63) is 95.9 Å². The monoisotopic (exact) mass is 356 g/mol. The second kappa shape index (κ2) is 7.46. The van der Waals surface area contributed by atoms with E-state index in [1.165, 1.54) is 0 Å². The van der Waals surface area contributed by atoms with Gasteiger partial charge in [-0.3, -0.25) is 9.97 Å². The van der Waals surface area contributed by atoms with Gasteiger partial charge in [-0.25, -0.2) is 0 Å². The van der Waals surface area contributed by atoms with Gasteiger partial charge in [-0.15, -0.1) is 0 Å². The average molecular weight is 356 g/mol. The smallest absolute Gasteiger partial charge is 0.145 e. The molecule has 4 rings (SSSR count). The summed E-state index contributed by atoms with van der Waals surface area (Å²) in [5.74, 6) is 0.989. The Balaban J connectivity index is 1.85. The van der Waals surface area contributed by atoms with Crippen LogP contribution in [0.1, 0.15) is 22.6 Å². The first kappa shape index (κ1) is 17.0. The second-order valence-corrected chi connectivity index (χ2v) is 6.43. The number of nitrogens with zero attached hydrogens (tertiary/aromatic N) is 2. The Kier molecular flexibility index (Phi) is 4.71. The maximum Gasteiger partial charge on any atom is 0.145 e. The van der Waals surface area contributed by atoms with Gasteiger partial charge in [-0.2, -0.15) is 0 Å². The molecule has 1 N–H and O–H groups in total. The third-order valence-corrected chi connectivity index (χ3v) is 4.86. The number of fused-ring (bicyclic) bond motifs is 1. The van der Waals surface area contributed by atoms with Crippen molar-refractivity contribution in [3.8, 4) is 11.5 Å². The molecule has 1 atom stereocenters. The SMILES string of the molecule is COc1ccccc1CC(c1cccnc1)c1ccc2cccnc2c1O. The molecule has 2 heterocycles. The fraction of sp³-hybridized carbons (Fsp3) is 0.130. The van der Waals surface area contributed by atoms with Crippen LogP contribution in [0.5, 0.6) is 11.5 Å². The molecular formula is C23H20N2O2. The predicted molar refractivity (Wildman–Crippen MR) is 106 cm³/mol. The zero-order valence-corrected chi connectivity index (χ0v) is 15.0. The average Bonchev–Trinajstić information content (AvgIpc) is 2.74. The first-order valence-electron chi connectivity index (χ1n) is 8.86. The van der Waals surface area contributed by atoms with Gasteiger partial charge in [0.15, 0.2) is 0 Å². The number of phenolic OH excluding ortho intramolecular Hbond substituents is 1. The summed E-state index contributed by atoms with van der Waals surface area (Å²) in [5.41, 5.74) is 3.56. The highest BCUT2D eigenvalue weighted by Gasteiger charge is 2.22. The molecule has 4 nitrogen and oxygen atoms in total. The van der Waals surface area contributed by atoms with Crippen molar-refractivity contribution in [2.24, 2.45) is 0 Å². The van der Waals surface area contributed by atoms with Crippen LogP contribution in [0.3, 0.4) is 0 Å². The summed E-state index contributed by atoms with van der Waals surface area (Å²) in [4.78, 5) is 8.65. The van der Waals surface area contributed by atoms with E-state index >= 15 is 0 Å². The lowest BCUT2D eigenvalue weighted by Crippen LogP contribution is -2.07. The Hall–Kier alpha value is -3.40. The normalized spacial score (nSPS) is 12.0. The molecule has 4 aromatic rings. The highest BCUT2D eigenvalue weighted by Crippen LogP contribution is 2.38. The number of aromatic hydroxyl groups is 1. The fourth-order valence-electron chi connectivity index (χ4n) is 3.51. The first-order valence-corrected chi connectivity index (χ1v) is 8.86. The van der Waals surface area contributed by atoms with Crippen molar-refractivity contribution in [3.63, 3.8) is 0 Å². The molecule has 0 amide bonds. The highest BCUT2D eigenvalue weighted by atomic mass is 16.5. The Bertz CT molecular complexity index is 1060. The fourth-order valence-corrected chi connectivity index (χ4v) is 3.51. The summed E-state index contributed by atoms with van der Waals surface area (Å²) in [5, 5.41) is 11.9. The van der Waals surface area contributed by atoms with E-state index in [1.54, 1.807) is 19.5 Å². The largest absolute Gasteiger partial charge is 0.505 e. The van der Waals surface area contributed by atoms with Gasteiger partial charge in [0.1, 0.15) is 17.0 Å². The zero-order valence-electron chi connectivity index (χ0n) is 15.0. The summed E-state index contributed by atoms with van der Waals surface area (Å²) in [7, 11) is 1.68. The van der Waals surface area contributed by atoms with Crippen LogP contribution in [0.25, 0.3) is 10.9 Å². The van der Waals surface area contributed by atoms with Gasteiger partial charge in [0, 0.05) is 35.5 Å². The van der Waals surface area contributed by atoms with Crippen molar-refractivity contribution in [1.82, 2.24) is 9.97 Å². The van der Waals surface area contributed by atoms with E-state index in [4.69, 9.17) is 4.74 Å². The quantitative estimate of drug-likeness (QED) is 0.562. The topological polar surface area (TPSA) is 55.2 Å². The predicted octanol–water partition coefficient (Wildman–Crippen LogP) is 4.72. The number of para-hydroxylation sites is 1. The molecule has 0 saturated carbocycles. The maximum atomic E-state index is 11.0. The number of hydrogen-bond donors (Lipinski definition) is 1. The van der Waals surface area contributed by atoms with Crippen LogP contribution in [0.4, 0.5) is 0 Å². The van der Waals surface area contributed by atoms with Gasteiger partial charge < -0.3 is 9.84 Å². The number of phenols is 1. The lowest BCUT2D eigenvalue weighted by molar-refractivity contribution is 0.408. The van der Waals surface area contributed by atoms with Crippen LogP contribution in [-0.4, -0.2) is 22.2 Å². The molecule has 134 valence electrons. The number of rotatable bonds is 5. The van der Waals surface area contributed by atoms with E-state index in [-0.39, 0.29) is 11.7 Å². The Morgan fingerprint density at radius 2 is 1.81 bits per heavy atom. The van der Waals surface area contributed by atoms with Crippen LogP contribution in [0.2, 0.25) is 0 Å². The summed E-state index contributed by atoms with van der Waals surface area (Å²) in [6, 6.07) is 19.7. The van der Waals surface area contributed by atoms with E-state index in [0.29, 0.717) is 11.9 Å². The van der Waals surface area contributed by atoms with Crippen LogP contribution in [0, 0.1) is 0 Å². The Labute approximate surface area is 158 Å². The van der Waals surface area contributed by atoms with E-state index in [0.717, 1.165) is 27.8 Å². The van der Waals surface area contributed by atoms with E-state index in [9.17, 15) is 5.11 Å². The lowest BCUT2D eigenvalue weighted by Gasteiger charge is -2.21. The van der Waals surface area contributed by atoms with Gasteiger partial charge in [0.2, 0.25) is 0 Å². The van der Waals surface area contributed by atoms with Crippen molar-refractivity contribution in [1.29, 1.82) is 0 Å². The van der Waals surface area contributed by atoms with Crippen molar-refractivity contribution in [2.75, 3.05) is 7.11 Å². The molecule has 0 fully saturated rings. The molecule has 2 aromatic carbocycles. The number of pyridine rings is 2. The molecule has 0 aliphatic rings. The lowest BCUT2D eigenvalue weighted by atomic mass is 9.85. The van der Waals surface area contributed by atoms with Gasteiger partial charge in [-0.05, 0) is 35.7 Å². The standard InChI is InChI=1S/C23H20N2O2/c1-27-21-9-3-2-6-17(21)14-20(18-8-4-12-24-15-18)19-11-10-16-7-5-13-25-22(16)23(19)26/h2-13,15,20,26H,14H2,1H3. The minimum atomic E-state index is -0.0681. The summed E-state index contributed by atoms with van der Waals surface area (Å²) in [6.45, 7) is 0. The second-order valence-electron chi connectivity index (χ2n) is 6.43. The van der Waals surface area contributed by atoms with Crippen LogP contribution < -0.4 is 4.74 Å². The third kappa shape index (κ3) is 3.34. The molecule has 1 unspecified atom stereocenters. The number of ether oxygens (including phenoxy) is 1. The minimum absolute atomic E-state index is 0.0681. The number of hydrogen-bond acceptors (Lipinski definition) is 4. The van der Waals surface area contributed by atoms with E-state index < -0.39 is 0 Å².